The fourth-order valence-corrected chi connectivity index (χ4v) is 3.72. The molecule has 32 heavy (non-hydrogen) atoms. The van der Waals surface area contributed by atoms with Crippen molar-refractivity contribution >= 4 is 18.0 Å². The number of carbonyl (C=O) groups is 3. The molecule has 0 heterocycles. The van der Waals surface area contributed by atoms with Gasteiger partial charge in [-0.3, -0.25) is 9.63 Å². The average molecular weight is 442 g/mol. The Morgan fingerprint density at radius 3 is 2.25 bits per heavy atom. The topological polar surface area (TPSA) is 123 Å². The minimum absolute atomic E-state index is 0.104. The van der Waals surface area contributed by atoms with Crippen molar-refractivity contribution in [3.63, 3.8) is 0 Å². The van der Waals surface area contributed by atoms with Gasteiger partial charge in [0.15, 0.2) is 6.61 Å². The Kier molecular flexibility index (Phi) is 8.18. The van der Waals surface area contributed by atoms with Crippen LogP contribution in [0, 0.1) is 0 Å². The summed E-state index contributed by atoms with van der Waals surface area (Å²) in [7, 11) is 1.53. The third kappa shape index (κ3) is 5.83. The second-order valence-electron chi connectivity index (χ2n) is 7.31. The van der Waals surface area contributed by atoms with Crippen LogP contribution in [0.25, 0.3) is 11.1 Å². The SMILES string of the molecule is COCCCC(NC(=O)OCC1c2ccccc2-c2ccccc21)C(=O)NOCC(=O)O. The van der Waals surface area contributed by atoms with E-state index in [0.29, 0.717) is 13.0 Å². The van der Waals surface area contributed by atoms with Crippen molar-refractivity contribution in [2.24, 2.45) is 0 Å². The fourth-order valence-electron chi connectivity index (χ4n) is 3.72. The van der Waals surface area contributed by atoms with Gasteiger partial charge in [-0.1, -0.05) is 48.5 Å². The molecule has 1 atom stereocenters. The first-order valence-electron chi connectivity index (χ1n) is 10.2. The molecule has 2 amide bonds. The molecule has 0 radical (unpaired) electrons. The molecule has 0 saturated carbocycles. The summed E-state index contributed by atoms with van der Waals surface area (Å²) in [6, 6.07) is 15.0. The monoisotopic (exact) mass is 442 g/mol. The third-order valence-electron chi connectivity index (χ3n) is 5.16. The standard InChI is InChI=1S/C23H26N2O7/c1-30-12-6-11-20(22(28)25-32-14-21(26)27)24-23(29)31-13-19-17-9-4-2-7-15(17)16-8-3-5-10-18(16)19/h2-5,7-10,19-20H,6,11-14H2,1H3,(H,24,29)(H,25,28)(H,26,27). The van der Waals surface area contributed by atoms with Crippen LogP contribution in [0.4, 0.5) is 4.79 Å². The molecule has 0 fully saturated rings. The molecule has 3 N–H and O–H groups in total. The summed E-state index contributed by atoms with van der Waals surface area (Å²) < 4.78 is 10.5. The molecule has 0 spiro atoms. The smallest absolute Gasteiger partial charge is 0.407 e. The molecule has 2 aromatic carbocycles. The summed E-state index contributed by atoms with van der Waals surface area (Å²) >= 11 is 0. The molecule has 0 aliphatic heterocycles. The molecule has 0 saturated heterocycles. The van der Waals surface area contributed by atoms with E-state index in [1.165, 1.54) is 7.11 Å². The number of aliphatic carboxylic acids is 1. The Morgan fingerprint density at radius 1 is 1.03 bits per heavy atom. The molecule has 2 aromatic rings. The maximum atomic E-state index is 12.5. The van der Waals surface area contributed by atoms with Gasteiger partial charge in [-0.05, 0) is 35.1 Å². The Labute approximate surface area is 185 Å². The lowest BCUT2D eigenvalue weighted by Gasteiger charge is -2.19. The van der Waals surface area contributed by atoms with Gasteiger partial charge in [-0.15, -0.1) is 0 Å². The number of methoxy groups -OCH3 is 1. The Morgan fingerprint density at radius 2 is 1.66 bits per heavy atom. The number of nitrogens with one attached hydrogen (secondary N) is 2. The van der Waals surface area contributed by atoms with Gasteiger partial charge in [-0.25, -0.2) is 15.1 Å². The zero-order valence-corrected chi connectivity index (χ0v) is 17.7. The Bertz CT molecular complexity index is 917. The van der Waals surface area contributed by atoms with E-state index in [9.17, 15) is 14.4 Å². The molecule has 9 nitrogen and oxygen atoms in total. The minimum atomic E-state index is -1.23. The van der Waals surface area contributed by atoms with Crippen molar-refractivity contribution in [3.05, 3.63) is 59.7 Å². The van der Waals surface area contributed by atoms with Crippen LogP contribution in [0.3, 0.4) is 0 Å². The maximum Gasteiger partial charge on any atom is 0.407 e. The number of alkyl carbamates (subject to hydrolysis) is 1. The first-order valence-corrected chi connectivity index (χ1v) is 10.2. The van der Waals surface area contributed by atoms with Crippen molar-refractivity contribution in [1.82, 2.24) is 10.8 Å². The maximum absolute atomic E-state index is 12.5. The number of hydrogen-bond donors (Lipinski definition) is 3. The van der Waals surface area contributed by atoms with Gasteiger partial charge >= 0.3 is 12.1 Å². The second kappa shape index (κ2) is 11.3. The summed E-state index contributed by atoms with van der Waals surface area (Å²) in [4.78, 5) is 39.9. The van der Waals surface area contributed by atoms with E-state index in [4.69, 9.17) is 14.6 Å². The highest BCUT2D eigenvalue weighted by Crippen LogP contribution is 2.44. The van der Waals surface area contributed by atoms with Crippen molar-refractivity contribution < 1.29 is 33.8 Å². The quantitative estimate of drug-likeness (QED) is 0.361. The van der Waals surface area contributed by atoms with Crippen molar-refractivity contribution in [3.8, 4) is 11.1 Å². The van der Waals surface area contributed by atoms with Gasteiger partial charge in [0, 0.05) is 19.6 Å². The van der Waals surface area contributed by atoms with Gasteiger partial charge in [0.2, 0.25) is 0 Å². The number of amides is 2. The number of carbonyl (C=O) groups excluding carboxylic acids is 2. The lowest BCUT2D eigenvalue weighted by molar-refractivity contribution is -0.150. The summed E-state index contributed by atoms with van der Waals surface area (Å²) in [5, 5.41) is 11.1. The summed E-state index contributed by atoms with van der Waals surface area (Å²) in [6.07, 6.45) is 0.0138. The number of benzene rings is 2. The van der Waals surface area contributed by atoms with Gasteiger partial charge in [0.1, 0.15) is 12.6 Å². The van der Waals surface area contributed by atoms with Crippen LogP contribution in [0.15, 0.2) is 48.5 Å². The predicted molar refractivity (Wildman–Crippen MR) is 115 cm³/mol. The number of fused-ring (bicyclic) bond motifs is 3. The van der Waals surface area contributed by atoms with Gasteiger partial charge in [0.25, 0.3) is 5.91 Å². The van der Waals surface area contributed by atoms with Gasteiger partial charge < -0.3 is 19.9 Å². The molecule has 1 aliphatic carbocycles. The Hall–Kier alpha value is -3.43. The van der Waals surface area contributed by atoms with Crippen molar-refractivity contribution in [2.75, 3.05) is 26.9 Å². The van der Waals surface area contributed by atoms with Crippen molar-refractivity contribution in [1.29, 1.82) is 0 Å². The van der Waals surface area contributed by atoms with E-state index in [2.05, 4.69) is 10.2 Å². The average Bonchev–Trinajstić information content (AvgIpc) is 3.10. The molecule has 0 aromatic heterocycles. The van der Waals surface area contributed by atoms with E-state index in [-0.39, 0.29) is 18.9 Å². The molecule has 3 rings (SSSR count). The molecule has 1 aliphatic rings. The van der Waals surface area contributed by atoms with Crippen LogP contribution in [0.5, 0.6) is 0 Å². The number of hydrogen-bond acceptors (Lipinski definition) is 6. The van der Waals surface area contributed by atoms with Crippen LogP contribution in [-0.4, -0.2) is 56.0 Å². The number of carboxylic acid groups (broad SMARTS) is 1. The normalized spacial score (nSPS) is 13.0. The van der Waals surface area contributed by atoms with E-state index < -0.39 is 30.6 Å². The van der Waals surface area contributed by atoms with Crippen LogP contribution < -0.4 is 10.8 Å². The molecular formula is C23H26N2O7. The first-order chi connectivity index (χ1) is 15.5. The largest absolute Gasteiger partial charge is 0.479 e. The summed E-state index contributed by atoms with van der Waals surface area (Å²) in [6.45, 7) is -0.185. The molecule has 9 heteroatoms. The van der Waals surface area contributed by atoms with E-state index in [0.717, 1.165) is 22.3 Å². The molecule has 170 valence electrons. The minimum Gasteiger partial charge on any atom is -0.479 e. The number of hydroxylamine groups is 1. The second-order valence-corrected chi connectivity index (χ2v) is 7.31. The lowest BCUT2D eigenvalue weighted by atomic mass is 9.98. The Balaban J connectivity index is 1.61. The highest BCUT2D eigenvalue weighted by Gasteiger charge is 2.29. The zero-order valence-electron chi connectivity index (χ0n) is 17.7. The molecular weight excluding hydrogens is 416 g/mol. The number of ether oxygens (including phenoxy) is 2. The van der Waals surface area contributed by atoms with Crippen LogP contribution in [0.2, 0.25) is 0 Å². The highest BCUT2D eigenvalue weighted by atomic mass is 16.7. The third-order valence-corrected chi connectivity index (χ3v) is 5.16. The van der Waals surface area contributed by atoms with Crippen LogP contribution in [0.1, 0.15) is 29.9 Å². The van der Waals surface area contributed by atoms with E-state index >= 15 is 0 Å². The zero-order chi connectivity index (χ0) is 22.9. The highest BCUT2D eigenvalue weighted by molar-refractivity contribution is 5.85. The van der Waals surface area contributed by atoms with Crippen molar-refractivity contribution in [2.45, 2.75) is 24.8 Å². The van der Waals surface area contributed by atoms with Gasteiger partial charge in [0.05, 0.1) is 0 Å². The number of carboxylic acids is 1. The van der Waals surface area contributed by atoms with Crippen LogP contribution >= 0.6 is 0 Å². The lowest BCUT2D eigenvalue weighted by Crippen LogP contribution is -2.47. The molecule has 0 bridgehead atoms. The summed E-state index contributed by atoms with van der Waals surface area (Å²) in [5.41, 5.74) is 6.43. The van der Waals surface area contributed by atoms with E-state index in [1.807, 2.05) is 54.0 Å². The summed E-state index contributed by atoms with van der Waals surface area (Å²) in [5.74, 6) is -2.01. The fraction of sp³-hybridized carbons (Fsp3) is 0.348. The predicted octanol–water partition coefficient (Wildman–Crippen LogP) is 2.45. The van der Waals surface area contributed by atoms with E-state index in [1.54, 1.807) is 0 Å². The molecule has 1 unspecified atom stereocenters. The van der Waals surface area contributed by atoms with Gasteiger partial charge in [-0.2, -0.15) is 0 Å². The first kappa shape index (κ1) is 23.2. The number of rotatable bonds is 11. The van der Waals surface area contributed by atoms with Crippen LogP contribution in [-0.2, 0) is 23.9 Å².